The second kappa shape index (κ2) is 4.58. The highest BCUT2D eigenvalue weighted by Crippen LogP contribution is 2.19. The second-order valence-corrected chi connectivity index (χ2v) is 3.95. The van der Waals surface area contributed by atoms with Gasteiger partial charge in [-0.1, -0.05) is 37.6 Å². The molecule has 0 amide bonds. The van der Waals surface area contributed by atoms with Gasteiger partial charge in [-0.3, -0.25) is 4.79 Å². The fraction of sp³-hybridized carbons (Fsp3) is 0.364. The zero-order valence-electron chi connectivity index (χ0n) is 8.20. The molecule has 1 aromatic rings. The standard InChI is InChI=1S/C11H13ClO2/c1-7(2)10(13)11(14)8-3-5-9(12)6-4-8/h3-7,11,14H,1-2H3/t11-/m0/s1. The van der Waals surface area contributed by atoms with E-state index in [0.717, 1.165) is 0 Å². The molecule has 3 heteroatoms. The summed E-state index contributed by atoms with van der Waals surface area (Å²) in [4.78, 5) is 11.4. The van der Waals surface area contributed by atoms with Crippen molar-refractivity contribution in [2.24, 2.45) is 5.92 Å². The normalized spacial score (nSPS) is 12.9. The van der Waals surface area contributed by atoms with Crippen LogP contribution in [-0.4, -0.2) is 10.9 Å². The second-order valence-electron chi connectivity index (χ2n) is 3.51. The van der Waals surface area contributed by atoms with Crippen LogP contribution in [0.5, 0.6) is 0 Å². The number of aliphatic hydroxyl groups excluding tert-OH is 1. The first kappa shape index (κ1) is 11.2. The Labute approximate surface area is 88.5 Å². The first-order chi connectivity index (χ1) is 6.52. The third kappa shape index (κ3) is 2.56. The highest BCUT2D eigenvalue weighted by atomic mass is 35.5. The molecule has 0 aromatic heterocycles. The van der Waals surface area contributed by atoms with Gasteiger partial charge in [-0.25, -0.2) is 0 Å². The van der Waals surface area contributed by atoms with Gasteiger partial charge in [0.15, 0.2) is 5.78 Å². The third-order valence-electron chi connectivity index (χ3n) is 2.02. The van der Waals surface area contributed by atoms with E-state index in [1.165, 1.54) is 0 Å². The topological polar surface area (TPSA) is 37.3 Å². The predicted molar refractivity (Wildman–Crippen MR) is 56.3 cm³/mol. The number of Topliss-reactive ketones (excluding diaryl/α,β-unsaturated/α-hetero) is 1. The van der Waals surface area contributed by atoms with Crippen molar-refractivity contribution >= 4 is 17.4 Å². The van der Waals surface area contributed by atoms with Crippen LogP contribution < -0.4 is 0 Å². The molecule has 76 valence electrons. The molecule has 0 aliphatic carbocycles. The molecule has 0 saturated carbocycles. The van der Waals surface area contributed by atoms with Crippen molar-refractivity contribution in [3.8, 4) is 0 Å². The minimum Gasteiger partial charge on any atom is -0.381 e. The van der Waals surface area contributed by atoms with Gasteiger partial charge in [0, 0.05) is 10.9 Å². The van der Waals surface area contributed by atoms with E-state index in [1.807, 2.05) is 0 Å². The van der Waals surface area contributed by atoms with Crippen LogP contribution in [-0.2, 0) is 4.79 Å². The van der Waals surface area contributed by atoms with E-state index in [1.54, 1.807) is 38.1 Å². The minimum absolute atomic E-state index is 0.166. The monoisotopic (exact) mass is 212 g/mol. The molecule has 0 aliphatic heterocycles. The highest BCUT2D eigenvalue weighted by Gasteiger charge is 2.19. The largest absolute Gasteiger partial charge is 0.381 e. The number of rotatable bonds is 3. The van der Waals surface area contributed by atoms with Crippen molar-refractivity contribution in [1.82, 2.24) is 0 Å². The number of halogens is 1. The van der Waals surface area contributed by atoms with Gasteiger partial charge in [0.05, 0.1) is 0 Å². The quantitative estimate of drug-likeness (QED) is 0.836. The molecule has 1 rings (SSSR count). The fourth-order valence-electron chi connectivity index (χ4n) is 1.13. The van der Waals surface area contributed by atoms with Crippen LogP contribution in [0.15, 0.2) is 24.3 Å². The molecule has 0 heterocycles. The third-order valence-corrected chi connectivity index (χ3v) is 2.28. The highest BCUT2D eigenvalue weighted by molar-refractivity contribution is 6.30. The van der Waals surface area contributed by atoms with Gasteiger partial charge in [0.1, 0.15) is 6.10 Å². The van der Waals surface area contributed by atoms with Crippen LogP contribution in [0.4, 0.5) is 0 Å². The smallest absolute Gasteiger partial charge is 0.168 e. The molecule has 2 nitrogen and oxygen atoms in total. The van der Waals surface area contributed by atoms with Crippen LogP contribution in [0, 0.1) is 5.92 Å². The van der Waals surface area contributed by atoms with E-state index in [0.29, 0.717) is 10.6 Å². The number of carbonyl (C=O) groups is 1. The number of ketones is 1. The zero-order chi connectivity index (χ0) is 10.7. The van der Waals surface area contributed by atoms with Gasteiger partial charge in [-0.15, -0.1) is 0 Å². The van der Waals surface area contributed by atoms with Crippen molar-refractivity contribution in [2.45, 2.75) is 20.0 Å². The fourth-order valence-corrected chi connectivity index (χ4v) is 1.25. The Kier molecular flexibility index (Phi) is 3.67. The van der Waals surface area contributed by atoms with E-state index >= 15 is 0 Å². The summed E-state index contributed by atoms with van der Waals surface area (Å²) < 4.78 is 0. The summed E-state index contributed by atoms with van der Waals surface area (Å²) in [5.41, 5.74) is 0.591. The van der Waals surface area contributed by atoms with Gasteiger partial charge < -0.3 is 5.11 Å². The molecule has 1 N–H and O–H groups in total. The molecule has 14 heavy (non-hydrogen) atoms. The average molecular weight is 213 g/mol. The van der Waals surface area contributed by atoms with Crippen LogP contribution in [0.3, 0.4) is 0 Å². The molecule has 0 unspecified atom stereocenters. The summed E-state index contributed by atoms with van der Waals surface area (Å²) in [7, 11) is 0. The number of hydrogen-bond donors (Lipinski definition) is 1. The minimum atomic E-state index is -1.03. The van der Waals surface area contributed by atoms with Gasteiger partial charge >= 0.3 is 0 Å². The first-order valence-electron chi connectivity index (χ1n) is 4.49. The number of aliphatic hydroxyl groups is 1. The van der Waals surface area contributed by atoms with Crippen LogP contribution in [0.25, 0.3) is 0 Å². The molecule has 0 bridgehead atoms. The maximum atomic E-state index is 11.4. The molecule has 0 saturated heterocycles. The van der Waals surface area contributed by atoms with Gasteiger partial charge in [0.25, 0.3) is 0 Å². The van der Waals surface area contributed by atoms with Crippen molar-refractivity contribution in [1.29, 1.82) is 0 Å². The molecule has 1 atom stereocenters. The molecule has 0 radical (unpaired) electrons. The van der Waals surface area contributed by atoms with Crippen LogP contribution in [0.2, 0.25) is 5.02 Å². The van der Waals surface area contributed by atoms with Gasteiger partial charge in [-0.2, -0.15) is 0 Å². The Morgan fingerprint density at radius 3 is 2.21 bits per heavy atom. The summed E-state index contributed by atoms with van der Waals surface area (Å²) in [6, 6.07) is 6.64. The number of carbonyl (C=O) groups excluding carboxylic acids is 1. The van der Waals surface area contributed by atoms with Gasteiger partial charge in [-0.05, 0) is 17.7 Å². The van der Waals surface area contributed by atoms with E-state index in [-0.39, 0.29) is 11.7 Å². The Hall–Kier alpha value is -0.860. The predicted octanol–water partition coefficient (Wildman–Crippen LogP) is 2.60. The molecule has 0 spiro atoms. The Morgan fingerprint density at radius 2 is 1.79 bits per heavy atom. The van der Waals surface area contributed by atoms with Crippen molar-refractivity contribution in [2.75, 3.05) is 0 Å². The number of hydrogen-bond acceptors (Lipinski definition) is 2. The van der Waals surface area contributed by atoms with E-state index in [4.69, 9.17) is 11.6 Å². The van der Waals surface area contributed by atoms with E-state index < -0.39 is 6.10 Å². The summed E-state index contributed by atoms with van der Waals surface area (Å²) in [5.74, 6) is -0.340. The number of benzene rings is 1. The molecule has 0 aliphatic rings. The molecule has 1 aromatic carbocycles. The molecular formula is C11H13ClO2. The summed E-state index contributed by atoms with van der Waals surface area (Å²) >= 11 is 5.69. The first-order valence-corrected chi connectivity index (χ1v) is 4.87. The molecule has 0 fully saturated rings. The lowest BCUT2D eigenvalue weighted by Crippen LogP contribution is -2.17. The summed E-state index contributed by atoms with van der Waals surface area (Å²) in [6.45, 7) is 3.53. The lowest BCUT2D eigenvalue weighted by molar-refractivity contribution is -0.130. The average Bonchev–Trinajstić information content (AvgIpc) is 2.16. The maximum absolute atomic E-state index is 11.4. The van der Waals surface area contributed by atoms with Crippen molar-refractivity contribution in [3.63, 3.8) is 0 Å². The maximum Gasteiger partial charge on any atom is 0.168 e. The van der Waals surface area contributed by atoms with E-state index in [2.05, 4.69) is 0 Å². The Morgan fingerprint density at radius 1 is 1.29 bits per heavy atom. The van der Waals surface area contributed by atoms with Crippen LogP contribution in [0.1, 0.15) is 25.5 Å². The van der Waals surface area contributed by atoms with Crippen molar-refractivity contribution < 1.29 is 9.90 Å². The zero-order valence-corrected chi connectivity index (χ0v) is 8.95. The van der Waals surface area contributed by atoms with Crippen LogP contribution >= 0.6 is 11.6 Å². The SMILES string of the molecule is CC(C)C(=O)[C@@H](O)c1ccc(Cl)cc1. The summed E-state index contributed by atoms with van der Waals surface area (Å²) in [5, 5.41) is 10.3. The lowest BCUT2D eigenvalue weighted by atomic mass is 9.98. The van der Waals surface area contributed by atoms with Crippen molar-refractivity contribution in [3.05, 3.63) is 34.9 Å². The Bertz CT molecular complexity index is 317. The lowest BCUT2D eigenvalue weighted by Gasteiger charge is -2.12. The molecular weight excluding hydrogens is 200 g/mol. The Balaban J connectivity index is 2.84. The summed E-state index contributed by atoms with van der Waals surface area (Å²) in [6.07, 6.45) is -1.03. The van der Waals surface area contributed by atoms with Gasteiger partial charge in [0.2, 0.25) is 0 Å². The van der Waals surface area contributed by atoms with E-state index in [9.17, 15) is 9.90 Å².